The number of ether oxygens (including phenoxy) is 1. The molecule has 5 nitrogen and oxygen atoms in total. The van der Waals surface area contributed by atoms with Crippen molar-refractivity contribution in [1.29, 1.82) is 0 Å². The second-order valence-electron chi connectivity index (χ2n) is 7.14. The number of aryl methyl sites for hydroxylation is 2. The molecule has 0 atom stereocenters. The van der Waals surface area contributed by atoms with Crippen LogP contribution in [0.3, 0.4) is 0 Å². The highest BCUT2D eigenvalue weighted by molar-refractivity contribution is 7.92. The first-order valence-electron chi connectivity index (χ1n) is 9.44. The quantitative estimate of drug-likeness (QED) is 0.820. The smallest absolute Gasteiger partial charge is 0.265 e. The van der Waals surface area contributed by atoms with Crippen LogP contribution in [0.4, 0.5) is 11.4 Å². The second kappa shape index (κ2) is 8.21. The zero-order valence-corrected chi connectivity index (χ0v) is 17.1. The molecule has 6 heteroatoms. The number of sulfonamides is 1. The third-order valence-corrected chi connectivity index (χ3v) is 6.56. The monoisotopic (exact) mass is 388 g/mol. The number of methoxy groups -OCH3 is 1. The molecule has 1 saturated heterocycles. The predicted molar refractivity (Wildman–Crippen MR) is 110 cm³/mol. The summed E-state index contributed by atoms with van der Waals surface area (Å²) in [5.74, 6) is 0.354. The van der Waals surface area contributed by atoms with Gasteiger partial charge >= 0.3 is 0 Å². The van der Waals surface area contributed by atoms with E-state index in [1.165, 1.54) is 32.8 Å². The first-order chi connectivity index (χ1) is 12.9. The molecule has 0 amide bonds. The molecule has 2 aromatic rings. The van der Waals surface area contributed by atoms with Crippen molar-refractivity contribution < 1.29 is 13.2 Å². The largest absolute Gasteiger partial charge is 0.495 e. The van der Waals surface area contributed by atoms with Crippen molar-refractivity contribution in [3.63, 3.8) is 0 Å². The number of hydrogen-bond donors (Lipinski definition) is 1. The van der Waals surface area contributed by atoms with Crippen LogP contribution in [0.25, 0.3) is 0 Å². The van der Waals surface area contributed by atoms with Gasteiger partial charge in [-0.05, 0) is 74.2 Å². The molecule has 1 N–H and O–H groups in total. The average Bonchev–Trinajstić information content (AvgIpc) is 2.93. The average molecular weight is 389 g/mol. The van der Waals surface area contributed by atoms with Gasteiger partial charge in [0.2, 0.25) is 0 Å². The van der Waals surface area contributed by atoms with Crippen LogP contribution in [-0.4, -0.2) is 28.6 Å². The minimum Gasteiger partial charge on any atom is -0.495 e. The SMILES string of the molecule is COc1cc(C)c(C)cc1S(=O)(=O)Nc1ccc(N2CCCCCC2)cc1. The van der Waals surface area contributed by atoms with Gasteiger partial charge < -0.3 is 9.64 Å². The molecule has 0 spiro atoms. The van der Waals surface area contributed by atoms with Gasteiger partial charge in [0.25, 0.3) is 10.0 Å². The lowest BCUT2D eigenvalue weighted by Gasteiger charge is -2.23. The van der Waals surface area contributed by atoms with Crippen molar-refractivity contribution in [1.82, 2.24) is 0 Å². The van der Waals surface area contributed by atoms with Crippen molar-refractivity contribution in [2.75, 3.05) is 29.8 Å². The van der Waals surface area contributed by atoms with Crippen molar-refractivity contribution in [3.8, 4) is 5.75 Å². The third kappa shape index (κ3) is 4.56. The topological polar surface area (TPSA) is 58.6 Å². The highest BCUT2D eigenvalue weighted by atomic mass is 32.2. The van der Waals surface area contributed by atoms with Gasteiger partial charge in [-0.2, -0.15) is 0 Å². The Morgan fingerprint density at radius 2 is 1.52 bits per heavy atom. The maximum Gasteiger partial charge on any atom is 0.265 e. The summed E-state index contributed by atoms with van der Waals surface area (Å²) in [7, 11) is -2.24. The van der Waals surface area contributed by atoms with E-state index >= 15 is 0 Å². The fraction of sp³-hybridized carbons (Fsp3) is 0.429. The lowest BCUT2D eigenvalue weighted by Crippen LogP contribution is -2.23. The fourth-order valence-corrected chi connectivity index (χ4v) is 4.71. The molecule has 27 heavy (non-hydrogen) atoms. The molecule has 0 bridgehead atoms. The molecule has 1 fully saturated rings. The van der Waals surface area contributed by atoms with E-state index < -0.39 is 10.0 Å². The number of rotatable bonds is 5. The molecule has 3 rings (SSSR count). The van der Waals surface area contributed by atoms with Gasteiger partial charge in [-0.1, -0.05) is 12.8 Å². The Balaban J connectivity index is 1.81. The molecular formula is C21H28N2O3S. The van der Waals surface area contributed by atoms with Gasteiger partial charge in [0, 0.05) is 24.5 Å². The van der Waals surface area contributed by atoms with Gasteiger partial charge in [-0.25, -0.2) is 8.42 Å². The fourth-order valence-electron chi connectivity index (χ4n) is 3.41. The summed E-state index contributed by atoms with van der Waals surface area (Å²) in [5, 5.41) is 0. The lowest BCUT2D eigenvalue weighted by molar-refractivity contribution is 0.402. The minimum atomic E-state index is -3.73. The maximum atomic E-state index is 12.9. The van der Waals surface area contributed by atoms with E-state index in [1.54, 1.807) is 12.1 Å². The normalized spacial score (nSPS) is 15.3. The Bertz CT molecular complexity index is 884. The number of nitrogens with one attached hydrogen (secondary N) is 1. The van der Waals surface area contributed by atoms with Gasteiger partial charge in [0.05, 0.1) is 7.11 Å². The summed E-state index contributed by atoms with van der Waals surface area (Å²) < 4.78 is 33.7. The summed E-state index contributed by atoms with van der Waals surface area (Å²) >= 11 is 0. The number of nitrogens with zero attached hydrogens (tertiary/aromatic N) is 1. The Labute approximate surface area is 162 Å². The Morgan fingerprint density at radius 3 is 2.11 bits per heavy atom. The van der Waals surface area contributed by atoms with E-state index in [9.17, 15) is 8.42 Å². The van der Waals surface area contributed by atoms with Crippen LogP contribution in [0.1, 0.15) is 36.8 Å². The summed E-state index contributed by atoms with van der Waals surface area (Å²) in [6, 6.07) is 11.0. The Kier molecular flexibility index (Phi) is 5.95. The van der Waals surface area contributed by atoms with Crippen LogP contribution in [0.2, 0.25) is 0 Å². The third-order valence-electron chi connectivity index (χ3n) is 5.16. The number of benzene rings is 2. The zero-order chi connectivity index (χ0) is 19.4. The van der Waals surface area contributed by atoms with Crippen molar-refractivity contribution >= 4 is 21.4 Å². The van der Waals surface area contributed by atoms with E-state index in [4.69, 9.17) is 4.74 Å². The van der Waals surface area contributed by atoms with Gasteiger partial charge in [-0.15, -0.1) is 0 Å². The number of anilines is 2. The van der Waals surface area contributed by atoms with Gasteiger partial charge in [0.15, 0.2) is 0 Å². The van der Waals surface area contributed by atoms with E-state index in [-0.39, 0.29) is 4.90 Å². The Hall–Kier alpha value is -2.21. The van der Waals surface area contributed by atoms with Crippen molar-refractivity contribution in [2.45, 2.75) is 44.4 Å². The molecule has 146 valence electrons. The van der Waals surface area contributed by atoms with E-state index in [2.05, 4.69) is 9.62 Å². The standard InChI is InChI=1S/C21H28N2O3S/c1-16-14-20(26-3)21(15-17(16)2)27(24,25)22-18-8-10-19(11-9-18)23-12-6-4-5-7-13-23/h8-11,14-15,22H,4-7,12-13H2,1-3H3. The number of hydrogen-bond acceptors (Lipinski definition) is 4. The highest BCUT2D eigenvalue weighted by Gasteiger charge is 2.21. The summed E-state index contributed by atoms with van der Waals surface area (Å²) in [4.78, 5) is 2.53. The molecule has 0 aliphatic carbocycles. The molecule has 0 aromatic heterocycles. The second-order valence-corrected chi connectivity index (χ2v) is 8.79. The summed E-state index contributed by atoms with van der Waals surface area (Å²) in [5.41, 5.74) is 3.60. The summed E-state index contributed by atoms with van der Waals surface area (Å²) in [6.45, 7) is 5.95. The van der Waals surface area contributed by atoms with Crippen LogP contribution >= 0.6 is 0 Å². The molecule has 2 aromatic carbocycles. The first-order valence-corrected chi connectivity index (χ1v) is 10.9. The van der Waals surface area contributed by atoms with Gasteiger partial charge in [-0.3, -0.25) is 4.72 Å². The minimum absolute atomic E-state index is 0.157. The van der Waals surface area contributed by atoms with E-state index in [0.29, 0.717) is 11.4 Å². The van der Waals surface area contributed by atoms with Crippen LogP contribution in [0.15, 0.2) is 41.3 Å². The van der Waals surface area contributed by atoms with Crippen LogP contribution in [-0.2, 0) is 10.0 Å². The molecule has 1 aliphatic heterocycles. The summed E-state index contributed by atoms with van der Waals surface area (Å²) in [6.07, 6.45) is 4.99. The van der Waals surface area contributed by atoms with E-state index in [1.807, 2.05) is 38.1 Å². The Morgan fingerprint density at radius 1 is 0.926 bits per heavy atom. The predicted octanol–water partition coefficient (Wildman–Crippen LogP) is 4.49. The van der Waals surface area contributed by atoms with Crippen LogP contribution in [0, 0.1) is 13.8 Å². The zero-order valence-electron chi connectivity index (χ0n) is 16.3. The highest BCUT2D eigenvalue weighted by Crippen LogP contribution is 2.29. The molecule has 1 aliphatic rings. The molecule has 1 heterocycles. The van der Waals surface area contributed by atoms with Crippen LogP contribution < -0.4 is 14.4 Å². The molecule has 0 unspecified atom stereocenters. The van der Waals surface area contributed by atoms with Crippen LogP contribution in [0.5, 0.6) is 5.75 Å². The molecule has 0 radical (unpaired) electrons. The maximum absolute atomic E-state index is 12.9. The first kappa shape index (κ1) is 19.5. The molecule has 0 saturated carbocycles. The van der Waals surface area contributed by atoms with Crippen molar-refractivity contribution in [3.05, 3.63) is 47.5 Å². The van der Waals surface area contributed by atoms with Gasteiger partial charge in [0.1, 0.15) is 10.6 Å². The molecular weight excluding hydrogens is 360 g/mol. The van der Waals surface area contributed by atoms with Crippen molar-refractivity contribution in [2.24, 2.45) is 0 Å². The van der Waals surface area contributed by atoms with E-state index in [0.717, 1.165) is 29.9 Å². The lowest BCUT2D eigenvalue weighted by atomic mass is 10.1.